The van der Waals surface area contributed by atoms with Crippen LogP contribution in [0.2, 0.25) is 10.0 Å². The molecule has 0 spiro atoms. The van der Waals surface area contributed by atoms with Crippen molar-refractivity contribution in [1.82, 2.24) is 5.32 Å². The Hall–Kier alpha value is -0.810. The van der Waals surface area contributed by atoms with Gasteiger partial charge in [0, 0.05) is 29.8 Å². The molecule has 1 aliphatic heterocycles. The second kappa shape index (κ2) is 7.99. The molecular weight excluding hydrogens is 311 g/mol. The summed E-state index contributed by atoms with van der Waals surface area (Å²) in [6, 6.07) is 4.90. The van der Waals surface area contributed by atoms with E-state index in [1.807, 2.05) is 0 Å². The van der Waals surface area contributed by atoms with Crippen LogP contribution >= 0.6 is 23.2 Å². The van der Waals surface area contributed by atoms with Crippen LogP contribution in [0.4, 0.5) is 0 Å². The van der Waals surface area contributed by atoms with Crippen molar-refractivity contribution in [1.29, 1.82) is 0 Å². The van der Waals surface area contributed by atoms with Gasteiger partial charge in [-0.15, -0.1) is 0 Å². The molecule has 1 heterocycles. The summed E-state index contributed by atoms with van der Waals surface area (Å²) in [7, 11) is 0. The highest BCUT2D eigenvalue weighted by atomic mass is 35.5. The zero-order chi connectivity index (χ0) is 15.2. The summed E-state index contributed by atoms with van der Waals surface area (Å²) >= 11 is 12.2. The van der Waals surface area contributed by atoms with E-state index in [0.717, 1.165) is 18.4 Å². The van der Waals surface area contributed by atoms with Gasteiger partial charge in [0.1, 0.15) is 0 Å². The number of benzene rings is 1. The zero-order valence-corrected chi connectivity index (χ0v) is 13.3. The molecule has 4 nitrogen and oxygen atoms in total. The van der Waals surface area contributed by atoms with Gasteiger partial charge in [-0.2, -0.15) is 0 Å². The summed E-state index contributed by atoms with van der Waals surface area (Å²) in [5, 5.41) is 4.09. The number of ether oxygens (including phenoxy) is 1. The van der Waals surface area contributed by atoms with E-state index in [2.05, 4.69) is 5.32 Å². The molecule has 6 heteroatoms. The normalized spacial score (nSPS) is 17.5. The Morgan fingerprint density at radius 3 is 2.57 bits per heavy atom. The first kappa shape index (κ1) is 16.6. The van der Waals surface area contributed by atoms with E-state index in [4.69, 9.17) is 33.7 Å². The molecule has 0 aliphatic carbocycles. The van der Waals surface area contributed by atoms with Gasteiger partial charge in [-0.1, -0.05) is 29.3 Å². The fraction of sp³-hybridized carbons (Fsp3) is 0.533. The number of carbonyl (C=O) groups is 1. The summed E-state index contributed by atoms with van der Waals surface area (Å²) in [5.74, 6) is 0.0766. The molecule has 1 fully saturated rings. The molecule has 0 aromatic heterocycles. The van der Waals surface area contributed by atoms with Gasteiger partial charge in [-0.3, -0.25) is 4.79 Å². The lowest BCUT2D eigenvalue weighted by Crippen LogP contribution is -2.47. The van der Waals surface area contributed by atoms with Gasteiger partial charge < -0.3 is 15.8 Å². The average molecular weight is 331 g/mol. The van der Waals surface area contributed by atoms with Gasteiger partial charge in [-0.05, 0) is 42.9 Å². The van der Waals surface area contributed by atoms with E-state index in [1.54, 1.807) is 18.2 Å². The summed E-state index contributed by atoms with van der Waals surface area (Å²) < 4.78 is 5.28. The molecular formula is C15H20Cl2N2O2. The van der Waals surface area contributed by atoms with Crippen LogP contribution in [-0.4, -0.2) is 31.7 Å². The van der Waals surface area contributed by atoms with Crippen molar-refractivity contribution in [3.8, 4) is 0 Å². The van der Waals surface area contributed by atoms with E-state index in [-0.39, 0.29) is 11.8 Å². The Kier molecular flexibility index (Phi) is 6.30. The second-order valence-electron chi connectivity index (χ2n) is 5.22. The molecule has 1 aromatic carbocycles. The largest absolute Gasteiger partial charge is 0.381 e. The van der Waals surface area contributed by atoms with Gasteiger partial charge in [-0.25, -0.2) is 0 Å². The quantitative estimate of drug-likeness (QED) is 0.871. The standard InChI is InChI=1S/C15H20Cl2N2O2/c16-12-2-1-3-13(17)11(12)4-7-19-15(20)14(18)10-5-8-21-9-6-10/h1-3,10,14H,4-9,18H2,(H,19,20). The van der Waals surface area contributed by atoms with Gasteiger partial charge in [0.2, 0.25) is 5.91 Å². The topological polar surface area (TPSA) is 64.4 Å². The second-order valence-corrected chi connectivity index (χ2v) is 6.03. The lowest BCUT2D eigenvalue weighted by atomic mass is 9.92. The fourth-order valence-corrected chi connectivity index (χ4v) is 3.08. The smallest absolute Gasteiger partial charge is 0.237 e. The zero-order valence-electron chi connectivity index (χ0n) is 11.8. The maximum Gasteiger partial charge on any atom is 0.237 e. The van der Waals surface area contributed by atoms with E-state index in [1.165, 1.54) is 0 Å². The molecule has 0 saturated carbocycles. The maximum atomic E-state index is 12.1. The molecule has 3 N–H and O–H groups in total. The lowest BCUT2D eigenvalue weighted by Gasteiger charge is -2.26. The van der Waals surface area contributed by atoms with Crippen LogP contribution in [0.3, 0.4) is 0 Å². The molecule has 21 heavy (non-hydrogen) atoms. The highest BCUT2D eigenvalue weighted by Gasteiger charge is 2.26. The molecule has 1 amide bonds. The predicted molar refractivity (Wildman–Crippen MR) is 84.7 cm³/mol. The van der Waals surface area contributed by atoms with Gasteiger partial charge in [0.25, 0.3) is 0 Å². The van der Waals surface area contributed by atoms with Crippen LogP contribution in [0.5, 0.6) is 0 Å². The van der Waals surface area contributed by atoms with Crippen molar-refractivity contribution in [3.63, 3.8) is 0 Å². The summed E-state index contributed by atoms with van der Waals surface area (Å²) in [4.78, 5) is 12.1. The number of nitrogens with one attached hydrogen (secondary N) is 1. The number of carbonyl (C=O) groups excluding carboxylic acids is 1. The molecule has 116 valence electrons. The Bertz CT molecular complexity index is 470. The fourth-order valence-electron chi connectivity index (χ4n) is 2.49. The number of rotatable bonds is 5. The molecule has 1 aliphatic rings. The Morgan fingerprint density at radius 1 is 1.33 bits per heavy atom. The van der Waals surface area contributed by atoms with Crippen LogP contribution in [0.1, 0.15) is 18.4 Å². The first-order valence-electron chi connectivity index (χ1n) is 7.13. The monoisotopic (exact) mass is 330 g/mol. The highest BCUT2D eigenvalue weighted by molar-refractivity contribution is 6.35. The lowest BCUT2D eigenvalue weighted by molar-refractivity contribution is -0.124. The van der Waals surface area contributed by atoms with Crippen molar-refractivity contribution in [2.24, 2.45) is 11.7 Å². The number of hydrogen-bond donors (Lipinski definition) is 2. The van der Waals surface area contributed by atoms with Crippen molar-refractivity contribution < 1.29 is 9.53 Å². The van der Waals surface area contributed by atoms with Crippen LogP contribution in [0.25, 0.3) is 0 Å². The number of halogens is 2. The molecule has 1 unspecified atom stereocenters. The SMILES string of the molecule is NC(C(=O)NCCc1c(Cl)cccc1Cl)C1CCOCC1. The third kappa shape index (κ3) is 4.58. The Labute approximate surface area is 134 Å². The highest BCUT2D eigenvalue weighted by Crippen LogP contribution is 2.24. The molecule has 1 saturated heterocycles. The minimum absolute atomic E-state index is 0.120. The molecule has 1 atom stereocenters. The van der Waals surface area contributed by atoms with Crippen molar-refractivity contribution >= 4 is 29.1 Å². The van der Waals surface area contributed by atoms with E-state index in [9.17, 15) is 4.79 Å². The van der Waals surface area contributed by atoms with Crippen molar-refractivity contribution in [2.75, 3.05) is 19.8 Å². The van der Waals surface area contributed by atoms with E-state index >= 15 is 0 Å². The average Bonchev–Trinajstić information content (AvgIpc) is 2.50. The molecule has 1 aromatic rings. The minimum atomic E-state index is -0.476. The first-order valence-corrected chi connectivity index (χ1v) is 7.89. The van der Waals surface area contributed by atoms with Crippen LogP contribution in [-0.2, 0) is 16.0 Å². The minimum Gasteiger partial charge on any atom is -0.381 e. The maximum absolute atomic E-state index is 12.1. The van der Waals surface area contributed by atoms with E-state index < -0.39 is 6.04 Å². The summed E-state index contributed by atoms with van der Waals surface area (Å²) in [6.07, 6.45) is 2.26. The van der Waals surface area contributed by atoms with Crippen LogP contribution in [0, 0.1) is 5.92 Å². The third-order valence-electron chi connectivity index (χ3n) is 3.81. The van der Waals surface area contributed by atoms with Crippen molar-refractivity contribution in [3.05, 3.63) is 33.8 Å². The molecule has 2 rings (SSSR count). The summed E-state index contributed by atoms with van der Waals surface area (Å²) in [6.45, 7) is 1.83. The Balaban J connectivity index is 1.81. The van der Waals surface area contributed by atoms with Crippen LogP contribution in [0.15, 0.2) is 18.2 Å². The third-order valence-corrected chi connectivity index (χ3v) is 4.52. The number of hydrogen-bond acceptors (Lipinski definition) is 3. The van der Waals surface area contributed by atoms with E-state index in [0.29, 0.717) is 36.2 Å². The van der Waals surface area contributed by atoms with Crippen molar-refractivity contribution in [2.45, 2.75) is 25.3 Å². The Morgan fingerprint density at radius 2 is 1.95 bits per heavy atom. The first-order chi connectivity index (χ1) is 10.1. The van der Waals surface area contributed by atoms with Gasteiger partial charge in [0.05, 0.1) is 6.04 Å². The van der Waals surface area contributed by atoms with Gasteiger partial charge in [0.15, 0.2) is 0 Å². The predicted octanol–water partition coefficient (Wildman–Crippen LogP) is 2.41. The summed E-state index contributed by atoms with van der Waals surface area (Å²) in [5.41, 5.74) is 6.86. The van der Waals surface area contributed by atoms with Gasteiger partial charge >= 0.3 is 0 Å². The van der Waals surface area contributed by atoms with Crippen LogP contribution < -0.4 is 11.1 Å². The molecule has 0 radical (unpaired) electrons. The molecule has 0 bridgehead atoms. The number of amides is 1. The number of nitrogens with two attached hydrogens (primary N) is 1.